The van der Waals surface area contributed by atoms with Gasteiger partial charge in [0.05, 0.1) is 20.3 Å². The van der Waals surface area contributed by atoms with Crippen molar-refractivity contribution >= 4 is 0 Å². The first-order chi connectivity index (χ1) is 14.2. The minimum Gasteiger partial charge on any atom is -0.496 e. The van der Waals surface area contributed by atoms with E-state index in [1.807, 2.05) is 12.1 Å². The number of aryl methyl sites for hydroxylation is 1. The van der Waals surface area contributed by atoms with Crippen molar-refractivity contribution in [3.05, 3.63) is 23.8 Å². The normalized spacial score (nSPS) is 14.7. The summed E-state index contributed by atoms with van der Waals surface area (Å²) in [7, 11) is 1.69. The van der Waals surface area contributed by atoms with Crippen LogP contribution in [-0.4, -0.2) is 31.0 Å². The lowest BCUT2D eigenvalue weighted by Gasteiger charge is -2.31. The molecule has 0 fully saturated rings. The Balaban J connectivity index is 2.41. The molecule has 1 aromatic carbocycles. The second kappa shape index (κ2) is 13.9. The van der Waals surface area contributed by atoms with E-state index >= 15 is 0 Å². The van der Waals surface area contributed by atoms with E-state index in [2.05, 4.69) is 40.7 Å². The van der Waals surface area contributed by atoms with E-state index in [-0.39, 0.29) is 12.5 Å². The average Bonchev–Trinajstić information content (AvgIpc) is 2.71. The molecular formula is C26H47NO3. The van der Waals surface area contributed by atoms with Gasteiger partial charge in [0.15, 0.2) is 0 Å². The van der Waals surface area contributed by atoms with Gasteiger partial charge in [-0.25, -0.2) is 0 Å². The van der Waals surface area contributed by atoms with Crippen molar-refractivity contribution in [2.45, 2.75) is 91.5 Å². The number of ether oxygens (including phenoxy) is 2. The largest absolute Gasteiger partial charge is 0.496 e. The molecule has 4 heteroatoms. The van der Waals surface area contributed by atoms with Crippen LogP contribution in [0, 0.1) is 17.8 Å². The van der Waals surface area contributed by atoms with Crippen LogP contribution in [0.4, 0.5) is 0 Å². The fourth-order valence-electron chi connectivity index (χ4n) is 3.74. The van der Waals surface area contributed by atoms with Gasteiger partial charge < -0.3 is 20.3 Å². The van der Waals surface area contributed by atoms with Crippen molar-refractivity contribution in [1.29, 1.82) is 0 Å². The summed E-state index contributed by atoms with van der Waals surface area (Å²) in [5, 5.41) is 9.67. The van der Waals surface area contributed by atoms with Crippen molar-refractivity contribution in [3.63, 3.8) is 0 Å². The zero-order valence-electron chi connectivity index (χ0n) is 20.4. The van der Waals surface area contributed by atoms with E-state index in [1.165, 1.54) is 32.1 Å². The van der Waals surface area contributed by atoms with Gasteiger partial charge in [-0.15, -0.1) is 0 Å². The van der Waals surface area contributed by atoms with Gasteiger partial charge in [-0.3, -0.25) is 0 Å². The molecule has 0 saturated heterocycles. The van der Waals surface area contributed by atoms with Gasteiger partial charge in [0.1, 0.15) is 11.5 Å². The van der Waals surface area contributed by atoms with Gasteiger partial charge in [0.2, 0.25) is 0 Å². The van der Waals surface area contributed by atoms with Gasteiger partial charge in [0.25, 0.3) is 0 Å². The molecule has 0 aliphatic carbocycles. The lowest BCUT2D eigenvalue weighted by atomic mass is 9.83. The van der Waals surface area contributed by atoms with Crippen molar-refractivity contribution in [3.8, 4) is 11.5 Å². The zero-order valence-corrected chi connectivity index (χ0v) is 20.4. The van der Waals surface area contributed by atoms with Crippen molar-refractivity contribution in [1.82, 2.24) is 0 Å². The number of aliphatic hydroxyl groups is 1. The third-order valence-electron chi connectivity index (χ3n) is 6.40. The van der Waals surface area contributed by atoms with Crippen molar-refractivity contribution in [2.75, 3.05) is 20.3 Å². The molecule has 0 saturated carbocycles. The zero-order chi connectivity index (χ0) is 22.6. The minimum atomic E-state index is -0.563. The summed E-state index contributed by atoms with van der Waals surface area (Å²) in [5.41, 5.74) is 6.89. The van der Waals surface area contributed by atoms with Crippen LogP contribution >= 0.6 is 0 Å². The van der Waals surface area contributed by atoms with Gasteiger partial charge in [-0.1, -0.05) is 66.4 Å². The molecule has 2 unspecified atom stereocenters. The van der Waals surface area contributed by atoms with E-state index in [4.69, 9.17) is 15.2 Å². The van der Waals surface area contributed by atoms with Gasteiger partial charge in [-0.2, -0.15) is 0 Å². The number of benzene rings is 1. The molecule has 0 aromatic heterocycles. The van der Waals surface area contributed by atoms with E-state index in [0.29, 0.717) is 6.42 Å². The number of rotatable bonds is 16. The summed E-state index contributed by atoms with van der Waals surface area (Å²) in [5.74, 6) is 3.52. The van der Waals surface area contributed by atoms with E-state index in [9.17, 15) is 5.11 Å². The molecule has 0 aliphatic heterocycles. The molecule has 3 N–H and O–H groups in total. The summed E-state index contributed by atoms with van der Waals surface area (Å²) in [6, 6.07) is 6.04. The number of nitrogens with two attached hydrogens (primary N) is 1. The Labute approximate surface area is 185 Å². The highest BCUT2D eigenvalue weighted by atomic mass is 16.5. The van der Waals surface area contributed by atoms with Crippen LogP contribution in [0.25, 0.3) is 0 Å². The number of unbranched alkanes of at least 4 members (excludes halogenated alkanes) is 1. The van der Waals surface area contributed by atoms with Crippen LogP contribution in [0.3, 0.4) is 0 Å². The number of hydrogen-bond donors (Lipinski definition) is 2. The van der Waals surface area contributed by atoms with Crippen LogP contribution in [0.2, 0.25) is 0 Å². The van der Waals surface area contributed by atoms with Crippen molar-refractivity contribution < 1.29 is 14.6 Å². The Morgan fingerprint density at radius 1 is 1.00 bits per heavy atom. The molecule has 4 nitrogen and oxygen atoms in total. The van der Waals surface area contributed by atoms with Crippen molar-refractivity contribution in [2.24, 2.45) is 23.5 Å². The third-order valence-corrected chi connectivity index (χ3v) is 6.40. The highest BCUT2D eigenvalue weighted by molar-refractivity contribution is 5.41. The Morgan fingerprint density at radius 3 is 2.30 bits per heavy atom. The molecule has 0 heterocycles. The van der Waals surface area contributed by atoms with E-state index in [0.717, 1.165) is 48.3 Å². The molecule has 174 valence electrons. The Kier molecular flexibility index (Phi) is 12.4. The standard InChI is InChI=1S/C26H47NO3/c1-20(2)10-9-12-22(5)11-7-8-17-30-24-14-13-23(25(18-24)29-6)15-16-26(27,19-28)21(3)4/h13-14,18,20-22,28H,7-12,15-17,19,27H2,1-6H3. The first-order valence-corrected chi connectivity index (χ1v) is 11.9. The molecule has 0 amide bonds. The number of methoxy groups -OCH3 is 1. The lowest BCUT2D eigenvalue weighted by molar-refractivity contribution is 0.146. The smallest absolute Gasteiger partial charge is 0.125 e. The maximum absolute atomic E-state index is 9.67. The molecule has 0 spiro atoms. The van der Waals surface area contributed by atoms with Crippen LogP contribution in [0.1, 0.15) is 85.1 Å². The molecule has 1 aromatic rings. The first kappa shape index (κ1) is 26.8. The SMILES string of the molecule is COc1cc(OCCCCC(C)CCCC(C)C)ccc1CCC(N)(CO)C(C)C. The maximum Gasteiger partial charge on any atom is 0.125 e. The number of hydrogen-bond acceptors (Lipinski definition) is 4. The predicted molar refractivity (Wildman–Crippen MR) is 127 cm³/mol. The molecule has 30 heavy (non-hydrogen) atoms. The third kappa shape index (κ3) is 9.70. The first-order valence-electron chi connectivity index (χ1n) is 11.9. The van der Waals surface area contributed by atoms with Gasteiger partial charge in [0, 0.05) is 11.6 Å². The highest BCUT2D eigenvalue weighted by Crippen LogP contribution is 2.29. The van der Waals surface area contributed by atoms with Crippen LogP contribution in [0.15, 0.2) is 18.2 Å². The van der Waals surface area contributed by atoms with Crippen LogP contribution in [-0.2, 0) is 6.42 Å². The maximum atomic E-state index is 9.67. The highest BCUT2D eigenvalue weighted by Gasteiger charge is 2.28. The van der Waals surface area contributed by atoms with Gasteiger partial charge in [-0.05, 0) is 55.1 Å². The van der Waals surface area contributed by atoms with Gasteiger partial charge >= 0.3 is 0 Å². The second-order valence-electron chi connectivity index (χ2n) is 9.79. The molecule has 0 radical (unpaired) electrons. The molecule has 1 rings (SSSR count). The fourth-order valence-corrected chi connectivity index (χ4v) is 3.74. The van der Waals surface area contributed by atoms with Crippen LogP contribution < -0.4 is 15.2 Å². The van der Waals surface area contributed by atoms with E-state index < -0.39 is 5.54 Å². The topological polar surface area (TPSA) is 64.7 Å². The monoisotopic (exact) mass is 421 g/mol. The number of aliphatic hydroxyl groups excluding tert-OH is 1. The predicted octanol–water partition coefficient (Wildman–Crippen LogP) is 5.99. The summed E-state index contributed by atoms with van der Waals surface area (Å²) in [4.78, 5) is 0. The molecule has 0 aliphatic rings. The molecule has 0 bridgehead atoms. The second-order valence-corrected chi connectivity index (χ2v) is 9.79. The summed E-state index contributed by atoms with van der Waals surface area (Å²) < 4.78 is 11.5. The molecule has 2 atom stereocenters. The summed E-state index contributed by atoms with van der Waals surface area (Å²) in [6.45, 7) is 11.8. The summed E-state index contributed by atoms with van der Waals surface area (Å²) in [6.07, 6.45) is 9.10. The summed E-state index contributed by atoms with van der Waals surface area (Å²) >= 11 is 0. The van der Waals surface area contributed by atoms with Crippen LogP contribution in [0.5, 0.6) is 11.5 Å². The molecular weight excluding hydrogens is 374 g/mol. The average molecular weight is 422 g/mol. The van der Waals surface area contributed by atoms with E-state index in [1.54, 1.807) is 7.11 Å². The Hall–Kier alpha value is -1.26. The lowest BCUT2D eigenvalue weighted by Crippen LogP contribution is -2.48. The minimum absolute atomic E-state index is 0.00940. The Morgan fingerprint density at radius 2 is 1.70 bits per heavy atom. The Bertz CT molecular complexity index is 588. The quantitative estimate of drug-likeness (QED) is 0.322. The fraction of sp³-hybridized carbons (Fsp3) is 0.769.